The largest absolute Gasteiger partial charge is 0.396 e. The zero-order valence-corrected chi connectivity index (χ0v) is 14.8. The number of nitrogens with zero attached hydrogens (tertiary/aromatic N) is 1. The Bertz CT molecular complexity index is 473. The number of carbonyl (C=O) groups is 2. The molecule has 1 saturated carbocycles. The van der Waals surface area contributed by atoms with E-state index < -0.39 is 0 Å². The van der Waals surface area contributed by atoms with E-state index >= 15 is 0 Å². The van der Waals surface area contributed by atoms with Gasteiger partial charge in [0.05, 0.1) is 4.87 Å². The molecule has 6 heteroatoms. The van der Waals surface area contributed by atoms with E-state index in [1.54, 1.807) is 11.8 Å². The van der Waals surface area contributed by atoms with E-state index in [0.717, 1.165) is 25.7 Å². The van der Waals surface area contributed by atoms with Crippen molar-refractivity contribution in [3.63, 3.8) is 0 Å². The van der Waals surface area contributed by atoms with Crippen LogP contribution in [0.2, 0.25) is 0 Å². The van der Waals surface area contributed by atoms with Gasteiger partial charge >= 0.3 is 0 Å². The Morgan fingerprint density at radius 2 is 2.09 bits per heavy atom. The Hall–Kier alpha value is -0.750. The van der Waals surface area contributed by atoms with Crippen molar-refractivity contribution >= 4 is 23.6 Å². The molecule has 0 spiro atoms. The van der Waals surface area contributed by atoms with E-state index in [9.17, 15) is 14.7 Å². The van der Waals surface area contributed by atoms with Crippen LogP contribution < -0.4 is 5.32 Å². The summed E-state index contributed by atoms with van der Waals surface area (Å²) in [6.45, 7) is 2.88. The van der Waals surface area contributed by atoms with Gasteiger partial charge < -0.3 is 15.3 Å². The molecule has 0 aromatic rings. The summed E-state index contributed by atoms with van der Waals surface area (Å²) in [6, 6.07) is -0.324. The zero-order valence-electron chi connectivity index (χ0n) is 14.0. The fraction of sp³-hybridized carbons (Fsp3) is 0.882. The van der Waals surface area contributed by atoms with Crippen molar-refractivity contribution in [1.82, 2.24) is 10.2 Å². The fourth-order valence-electron chi connectivity index (χ4n) is 4.46. The SMILES string of the molecule is CC12CCC(=O)N1C(C(=O)NCC1(CCO)CCCCC1)CS2. The first-order chi connectivity index (χ1) is 11.0. The number of fused-ring (bicyclic) bond motifs is 1. The van der Waals surface area contributed by atoms with Gasteiger partial charge in [0.15, 0.2) is 0 Å². The van der Waals surface area contributed by atoms with Crippen LogP contribution in [0.3, 0.4) is 0 Å². The molecule has 1 aliphatic carbocycles. The van der Waals surface area contributed by atoms with E-state index in [1.807, 2.05) is 4.90 Å². The highest BCUT2D eigenvalue weighted by Crippen LogP contribution is 2.47. The molecule has 23 heavy (non-hydrogen) atoms. The standard InChI is InChI=1S/C17H28N2O3S/c1-16-8-5-14(21)19(16)13(11-23-16)15(22)18-12-17(9-10-20)6-3-2-4-7-17/h13,20H,2-12H2,1H3,(H,18,22). The van der Waals surface area contributed by atoms with Crippen LogP contribution in [0.15, 0.2) is 0 Å². The second-order valence-electron chi connectivity index (χ2n) is 7.52. The molecule has 5 nitrogen and oxygen atoms in total. The van der Waals surface area contributed by atoms with E-state index in [1.165, 1.54) is 19.3 Å². The number of rotatable bonds is 5. The first-order valence-corrected chi connectivity index (χ1v) is 9.83. The third kappa shape index (κ3) is 3.25. The molecular weight excluding hydrogens is 312 g/mol. The lowest BCUT2D eigenvalue weighted by Gasteiger charge is -2.38. The zero-order chi connectivity index (χ0) is 16.5. The maximum absolute atomic E-state index is 12.7. The fourth-order valence-corrected chi connectivity index (χ4v) is 5.89. The molecule has 2 heterocycles. The maximum Gasteiger partial charge on any atom is 0.243 e. The minimum atomic E-state index is -0.324. The molecule has 2 atom stereocenters. The predicted octanol–water partition coefficient (Wildman–Crippen LogP) is 1.89. The highest BCUT2D eigenvalue weighted by atomic mass is 32.2. The van der Waals surface area contributed by atoms with Crippen LogP contribution in [0.5, 0.6) is 0 Å². The van der Waals surface area contributed by atoms with Crippen LogP contribution in [-0.2, 0) is 9.59 Å². The molecule has 2 aliphatic heterocycles. The number of nitrogens with one attached hydrogen (secondary N) is 1. The van der Waals surface area contributed by atoms with Gasteiger partial charge in [-0.3, -0.25) is 9.59 Å². The summed E-state index contributed by atoms with van der Waals surface area (Å²) in [5, 5.41) is 12.5. The Labute approximate surface area is 142 Å². The van der Waals surface area contributed by atoms with Gasteiger partial charge in [0, 0.05) is 25.3 Å². The minimum absolute atomic E-state index is 0.0145. The first-order valence-electron chi connectivity index (χ1n) is 8.84. The molecule has 2 amide bonds. The van der Waals surface area contributed by atoms with Gasteiger partial charge in [-0.15, -0.1) is 11.8 Å². The molecule has 2 N–H and O–H groups in total. The van der Waals surface area contributed by atoms with Crippen molar-refractivity contribution in [3.05, 3.63) is 0 Å². The predicted molar refractivity (Wildman–Crippen MR) is 91.0 cm³/mol. The van der Waals surface area contributed by atoms with Crippen LogP contribution in [-0.4, -0.2) is 51.6 Å². The molecule has 2 unspecified atom stereocenters. The van der Waals surface area contributed by atoms with Gasteiger partial charge in [0.25, 0.3) is 0 Å². The monoisotopic (exact) mass is 340 g/mol. The smallest absolute Gasteiger partial charge is 0.243 e. The van der Waals surface area contributed by atoms with Crippen LogP contribution in [0.25, 0.3) is 0 Å². The Morgan fingerprint density at radius 3 is 2.78 bits per heavy atom. The molecule has 0 radical (unpaired) electrons. The maximum atomic E-state index is 12.7. The quantitative estimate of drug-likeness (QED) is 0.802. The van der Waals surface area contributed by atoms with E-state index in [0.29, 0.717) is 18.7 Å². The summed E-state index contributed by atoms with van der Waals surface area (Å²) in [6.07, 6.45) is 7.92. The Morgan fingerprint density at radius 1 is 1.35 bits per heavy atom. The van der Waals surface area contributed by atoms with Crippen molar-refractivity contribution in [2.45, 2.75) is 69.2 Å². The second kappa shape index (κ2) is 6.63. The molecule has 130 valence electrons. The van der Waals surface area contributed by atoms with Crippen LogP contribution in [0, 0.1) is 5.41 Å². The number of hydrogen-bond acceptors (Lipinski definition) is 4. The Kier molecular flexibility index (Phi) is 4.93. The molecule has 3 aliphatic rings. The second-order valence-corrected chi connectivity index (χ2v) is 9.02. The average molecular weight is 340 g/mol. The van der Waals surface area contributed by atoms with Crippen molar-refractivity contribution in [1.29, 1.82) is 0 Å². The summed E-state index contributed by atoms with van der Waals surface area (Å²) < 4.78 is 0. The third-order valence-corrected chi connectivity index (χ3v) is 7.45. The summed E-state index contributed by atoms with van der Waals surface area (Å²) in [4.78, 5) is 26.5. The van der Waals surface area contributed by atoms with Gasteiger partial charge in [-0.05, 0) is 38.0 Å². The molecule has 0 bridgehead atoms. The van der Waals surface area contributed by atoms with Gasteiger partial charge in [-0.1, -0.05) is 19.3 Å². The van der Waals surface area contributed by atoms with E-state index in [2.05, 4.69) is 12.2 Å². The lowest BCUT2D eigenvalue weighted by atomic mass is 9.72. The number of amides is 2. The minimum Gasteiger partial charge on any atom is -0.396 e. The molecular formula is C17H28N2O3S. The molecule has 3 rings (SSSR count). The number of aliphatic hydroxyl groups excluding tert-OH is 1. The van der Waals surface area contributed by atoms with Crippen molar-refractivity contribution in [2.75, 3.05) is 18.9 Å². The summed E-state index contributed by atoms with van der Waals surface area (Å²) in [5.41, 5.74) is 0.0483. The number of carbonyl (C=O) groups excluding carboxylic acids is 2. The van der Waals surface area contributed by atoms with E-state index in [-0.39, 0.29) is 34.7 Å². The molecule has 0 aromatic heterocycles. The topological polar surface area (TPSA) is 69.6 Å². The van der Waals surface area contributed by atoms with Gasteiger partial charge in [-0.25, -0.2) is 0 Å². The van der Waals surface area contributed by atoms with Crippen LogP contribution in [0.1, 0.15) is 58.3 Å². The summed E-state index contributed by atoms with van der Waals surface area (Å²) in [7, 11) is 0. The molecule has 0 aromatic carbocycles. The highest BCUT2D eigenvalue weighted by Gasteiger charge is 2.53. The number of hydrogen-bond donors (Lipinski definition) is 2. The Balaban J connectivity index is 1.61. The first kappa shape index (κ1) is 17.1. The van der Waals surface area contributed by atoms with E-state index in [4.69, 9.17) is 0 Å². The van der Waals surface area contributed by atoms with Crippen molar-refractivity contribution in [2.24, 2.45) is 5.41 Å². The van der Waals surface area contributed by atoms with Crippen molar-refractivity contribution in [3.8, 4) is 0 Å². The third-order valence-electron chi connectivity index (χ3n) is 5.94. The van der Waals surface area contributed by atoms with Gasteiger partial charge in [-0.2, -0.15) is 0 Å². The van der Waals surface area contributed by atoms with Crippen molar-refractivity contribution < 1.29 is 14.7 Å². The molecule has 3 fully saturated rings. The van der Waals surface area contributed by atoms with Crippen LogP contribution in [0.4, 0.5) is 0 Å². The van der Waals surface area contributed by atoms with Crippen LogP contribution >= 0.6 is 11.8 Å². The average Bonchev–Trinajstić information content (AvgIpc) is 3.03. The lowest BCUT2D eigenvalue weighted by Crippen LogP contribution is -2.52. The normalized spacial score (nSPS) is 32.9. The highest BCUT2D eigenvalue weighted by molar-refractivity contribution is 8.01. The number of aliphatic hydroxyl groups is 1. The van der Waals surface area contributed by atoms with Gasteiger partial charge in [0.2, 0.25) is 11.8 Å². The lowest BCUT2D eigenvalue weighted by molar-refractivity contribution is -0.138. The summed E-state index contributed by atoms with van der Waals surface area (Å²) in [5.74, 6) is 0.793. The number of thioether (sulfide) groups is 1. The molecule has 2 saturated heterocycles. The summed E-state index contributed by atoms with van der Waals surface area (Å²) >= 11 is 1.73. The van der Waals surface area contributed by atoms with Gasteiger partial charge in [0.1, 0.15) is 6.04 Å².